The van der Waals surface area contributed by atoms with Gasteiger partial charge in [0.2, 0.25) is 0 Å². The number of aldehydes is 1. The van der Waals surface area contributed by atoms with Gasteiger partial charge in [0, 0.05) is 35.8 Å². The molecule has 1 aromatic heterocycles. The Morgan fingerprint density at radius 3 is 2.68 bits per heavy atom. The molecule has 1 atom stereocenters. The number of β-amino-alcohol motifs (C(OH)–C–C–N with tert-alkyl or cyclic N) is 1. The van der Waals surface area contributed by atoms with Crippen molar-refractivity contribution in [1.82, 2.24) is 9.88 Å². The molecule has 2 heterocycles. The quantitative estimate of drug-likeness (QED) is 0.211. The molecule has 1 saturated heterocycles. The van der Waals surface area contributed by atoms with E-state index >= 15 is 0 Å². The van der Waals surface area contributed by atoms with Gasteiger partial charge in [-0.1, -0.05) is 11.6 Å². The predicted molar refractivity (Wildman–Crippen MR) is 145 cm³/mol. The summed E-state index contributed by atoms with van der Waals surface area (Å²) in [7, 11) is 0. The normalized spacial score (nSPS) is 16.4. The van der Waals surface area contributed by atoms with Crippen LogP contribution in [0.2, 0.25) is 5.02 Å². The average Bonchev–Trinajstić information content (AvgIpc) is 3.59. The van der Waals surface area contributed by atoms with E-state index in [1.807, 2.05) is 0 Å². The minimum atomic E-state index is -0.718. The number of nitrogens with one attached hydrogen (secondary N) is 1. The second-order valence-corrected chi connectivity index (χ2v) is 10.1. The van der Waals surface area contributed by atoms with Gasteiger partial charge in [-0.05, 0) is 57.0 Å². The van der Waals surface area contributed by atoms with Crippen molar-refractivity contribution in [2.45, 2.75) is 37.8 Å². The van der Waals surface area contributed by atoms with Crippen LogP contribution < -0.4 is 26.3 Å². The van der Waals surface area contributed by atoms with Gasteiger partial charge in [-0.15, -0.1) is 0 Å². The summed E-state index contributed by atoms with van der Waals surface area (Å²) in [5, 5.41) is 14.3. The number of nitrogens with zero attached hydrogens (tertiary/aromatic N) is 2. The zero-order valence-electron chi connectivity index (χ0n) is 20.8. The van der Waals surface area contributed by atoms with Crippen molar-refractivity contribution >= 4 is 46.1 Å². The summed E-state index contributed by atoms with van der Waals surface area (Å²) in [5.74, 6) is 0.0426. The van der Waals surface area contributed by atoms with Gasteiger partial charge in [0.25, 0.3) is 5.91 Å². The number of anilines is 2. The Balaban J connectivity index is 1.42. The van der Waals surface area contributed by atoms with Crippen molar-refractivity contribution in [2.24, 2.45) is 5.73 Å². The molecule has 11 heteroatoms. The van der Waals surface area contributed by atoms with E-state index in [4.69, 9.17) is 32.5 Å². The third kappa shape index (κ3) is 5.62. The molecule has 200 valence electrons. The Kier molecular flexibility index (Phi) is 7.55. The fraction of sp³-hybridized carbons (Fsp3) is 0.370. The molecular weight excluding hydrogens is 510 g/mol. The lowest BCUT2D eigenvalue weighted by Gasteiger charge is -2.20. The first-order valence-electron chi connectivity index (χ1n) is 12.6. The number of likely N-dealkylation sites (tertiary alicyclic amines) is 1. The molecule has 6 N–H and O–H groups in total. The lowest BCUT2D eigenvalue weighted by Crippen LogP contribution is -2.33. The Bertz CT molecular complexity index is 1370. The molecule has 38 heavy (non-hydrogen) atoms. The highest BCUT2D eigenvalue weighted by Crippen LogP contribution is 2.43. The van der Waals surface area contributed by atoms with Gasteiger partial charge < -0.3 is 36.3 Å². The Morgan fingerprint density at radius 1 is 1.24 bits per heavy atom. The largest absolute Gasteiger partial charge is 0.490 e. The third-order valence-electron chi connectivity index (χ3n) is 6.74. The second-order valence-electron chi connectivity index (χ2n) is 9.72. The Morgan fingerprint density at radius 2 is 2.00 bits per heavy atom. The molecular formula is C27H30ClN5O5. The van der Waals surface area contributed by atoms with E-state index in [0.717, 1.165) is 38.8 Å². The molecule has 10 nitrogen and oxygen atoms in total. The zero-order chi connectivity index (χ0) is 26.8. The first-order chi connectivity index (χ1) is 18.3. The number of carbonyl (C=O) groups is 2. The number of rotatable bonds is 11. The van der Waals surface area contributed by atoms with Crippen LogP contribution in [-0.4, -0.2) is 65.6 Å². The Labute approximate surface area is 224 Å². The summed E-state index contributed by atoms with van der Waals surface area (Å²) < 4.78 is 11.9. The number of ether oxygens (including phenoxy) is 2. The molecule has 0 unspecified atom stereocenters. The topological polar surface area (TPSA) is 153 Å². The standard InChI is InChI=1S/C27H30ClN5O5/c28-24-25(29)23(9-15(13-34)26(24)32-16-3-4-16)38-21-5-6-31-20-11-22(19(27(30)36)10-18(20)21)37-14-17(35)12-33-7-1-2-8-33/h5-6,9-11,13,16-17,32,35H,1-4,7-8,12,14,29H2,(H2,30,36)/t17-/m1/s1. The number of amides is 1. The summed E-state index contributed by atoms with van der Waals surface area (Å²) in [4.78, 5) is 30.6. The molecule has 2 aromatic carbocycles. The summed E-state index contributed by atoms with van der Waals surface area (Å²) >= 11 is 6.50. The number of aliphatic hydroxyl groups is 1. The summed E-state index contributed by atoms with van der Waals surface area (Å²) in [6, 6.07) is 6.52. The van der Waals surface area contributed by atoms with E-state index < -0.39 is 12.0 Å². The molecule has 0 bridgehead atoms. The lowest BCUT2D eigenvalue weighted by atomic mass is 10.1. The van der Waals surface area contributed by atoms with Gasteiger partial charge in [-0.2, -0.15) is 0 Å². The van der Waals surface area contributed by atoms with Crippen LogP contribution in [0.1, 0.15) is 46.4 Å². The smallest absolute Gasteiger partial charge is 0.252 e. The molecule has 3 aromatic rings. The monoisotopic (exact) mass is 539 g/mol. The maximum Gasteiger partial charge on any atom is 0.252 e. The van der Waals surface area contributed by atoms with Crippen molar-refractivity contribution in [2.75, 3.05) is 37.3 Å². The van der Waals surface area contributed by atoms with Crippen LogP contribution in [0.4, 0.5) is 11.4 Å². The number of halogens is 1. The number of aliphatic hydroxyl groups excluding tert-OH is 1. The van der Waals surface area contributed by atoms with Crippen LogP contribution in [0.15, 0.2) is 30.5 Å². The second kappa shape index (κ2) is 11.0. The van der Waals surface area contributed by atoms with Gasteiger partial charge in [0.15, 0.2) is 12.0 Å². The molecule has 2 aliphatic rings. The number of aromatic nitrogens is 1. The third-order valence-corrected chi connectivity index (χ3v) is 7.13. The maximum atomic E-state index is 12.3. The zero-order valence-corrected chi connectivity index (χ0v) is 21.5. The number of benzene rings is 2. The van der Waals surface area contributed by atoms with E-state index in [9.17, 15) is 14.7 Å². The van der Waals surface area contributed by atoms with Crippen molar-refractivity contribution in [3.05, 3.63) is 46.6 Å². The highest BCUT2D eigenvalue weighted by Gasteiger charge is 2.26. The predicted octanol–water partition coefficient (Wildman–Crippen LogP) is 3.58. The molecule has 5 rings (SSSR count). The number of pyridine rings is 1. The van der Waals surface area contributed by atoms with Gasteiger partial charge >= 0.3 is 0 Å². The van der Waals surface area contributed by atoms with Crippen LogP contribution in [0.25, 0.3) is 10.9 Å². The molecule has 1 amide bonds. The number of hydrogen-bond acceptors (Lipinski definition) is 9. The van der Waals surface area contributed by atoms with Gasteiger partial charge in [0.05, 0.1) is 27.5 Å². The minimum Gasteiger partial charge on any atom is -0.490 e. The van der Waals surface area contributed by atoms with Crippen molar-refractivity contribution in [3.63, 3.8) is 0 Å². The van der Waals surface area contributed by atoms with Crippen LogP contribution in [-0.2, 0) is 0 Å². The van der Waals surface area contributed by atoms with Crippen LogP contribution in [0.5, 0.6) is 17.2 Å². The van der Waals surface area contributed by atoms with Gasteiger partial charge in [0.1, 0.15) is 24.2 Å². The van der Waals surface area contributed by atoms with Crippen LogP contribution in [0, 0.1) is 0 Å². The average molecular weight is 540 g/mol. The fourth-order valence-corrected chi connectivity index (χ4v) is 4.84. The van der Waals surface area contributed by atoms with E-state index in [2.05, 4.69) is 15.2 Å². The summed E-state index contributed by atoms with van der Waals surface area (Å²) in [5.41, 5.74) is 13.5. The minimum absolute atomic E-state index is 0.00320. The lowest BCUT2D eigenvalue weighted by molar-refractivity contribution is 0.0748. The van der Waals surface area contributed by atoms with Crippen LogP contribution >= 0.6 is 11.6 Å². The summed E-state index contributed by atoms with van der Waals surface area (Å²) in [6.45, 7) is 2.41. The summed E-state index contributed by atoms with van der Waals surface area (Å²) in [6.07, 6.45) is 5.76. The molecule has 0 spiro atoms. The van der Waals surface area contributed by atoms with Crippen molar-refractivity contribution in [1.29, 1.82) is 0 Å². The number of carbonyl (C=O) groups excluding carboxylic acids is 2. The number of hydrogen-bond donors (Lipinski definition) is 4. The van der Waals surface area contributed by atoms with E-state index in [1.54, 1.807) is 12.1 Å². The number of nitrogens with two attached hydrogens (primary N) is 2. The van der Waals surface area contributed by atoms with E-state index in [1.165, 1.54) is 18.3 Å². The van der Waals surface area contributed by atoms with Gasteiger partial charge in [-0.25, -0.2) is 0 Å². The SMILES string of the molecule is NC(=O)c1cc2c(Oc3cc(C=O)c(NC4CC4)c(Cl)c3N)ccnc2cc1OC[C@H](O)CN1CCCC1. The highest BCUT2D eigenvalue weighted by atomic mass is 35.5. The number of primary amides is 1. The molecule has 1 aliphatic heterocycles. The number of fused-ring (bicyclic) bond motifs is 1. The Hall–Kier alpha value is -3.60. The number of nitrogen functional groups attached to an aromatic ring is 1. The van der Waals surface area contributed by atoms with Crippen molar-refractivity contribution < 1.29 is 24.2 Å². The van der Waals surface area contributed by atoms with Gasteiger partial charge in [-0.3, -0.25) is 14.6 Å². The highest BCUT2D eigenvalue weighted by molar-refractivity contribution is 6.36. The van der Waals surface area contributed by atoms with E-state index in [-0.39, 0.29) is 40.4 Å². The first kappa shape index (κ1) is 26.0. The van der Waals surface area contributed by atoms with Crippen LogP contribution in [0.3, 0.4) is 0 Å². The first-order valence-corrected chi connectivity index (χ1v) is 13.0. The van der Waals surface area contributed by atoms with E-state index in [0.29, 0.717) is 40.7 Å². The molecule has 1 aliphatic carbocycles. The maximum absolute atomic E-state index is 12.3. The molecule has 2 fully saturated rings. The molecule has 0 radical (unpaired) electrons. The fourth-order valence-electron chi connectivity index (χ4n) is 4.59. The van der Waals surface area contributed by atoms with Crippen molar-refractivity contribution in [3.8, 4) is 17.2 Å². The molecule has 1 saturated carbocycles.